The van der Waals surface area contributed by atoms with Crippen molar-refractivity contribution in [3.63, 3.8) is 0 Å². The molecule has 1 fully saturated rings. The van der Waals surface area contributed by atoms with Crippen molar-refractivity contribution in [2.75, 3.05) is 13.6 Å². The van der Waals surface area contributed by atoms with Crippen LogP contribution in [0, 0.1) is 6.92 Å². The molecule has 2 aromatic rings. The summed E-state index contributed by atoms with van der Waals surface area (Å²) < 4.78 is 84.0. The minimum atomic E-state index is -4.86. The second kappa shape index (κ2) is 8.59. The quantitative estimate of drug-likeness (QED) is 0.521. The Bertz CT molecular complexity index is 844. The van der Waals surface area contributed by atoms with Crippen LogP contribution in [0.4, 0.5) is 26.3 Å². The zero-order valence-corrected chi connectivity index (χ0v) is 16.6. The van der Waals surface area contributed by atoms with Gasteiger partial charge in [-0.05, 0) is 56.1 Å². The van der Waals surface area contributed by atoms with Gasteiger partial charge in [0.1, 0.15) is 0 Å². The summed E-state index contributed by atoms with van der Waals surface area (Å²) in [4.78, 5) is 2.18. The summed E-state index contributed by atoms with van der Waals surface area (Å²) in [6.45, 7) is 2.41. The maximum Gasteiger partial charge on any atom is 0.416 e. The third-order valence-corrected chi connectivity index (χ3v) is 5.38. The standard InChI is InChI=1S/C22H23F6NO/c1-14-4-3-5-16(8-14)20-12-19(6-7-29(20)2)30-13-15-9-17(21(23,24)25)11-18(10-15)22(26,27)28/h3-5,8-11,19-20H,6-7,12-13H2,1-2H3. The fourth-order valence-electron chi connectivity index (χ4n) is 3.79. The molecule has 0 bridgehead atoms. The molecule has 1 saturated heterocycles. The van der Waals surface area contributed by atoms with Crippen LogP contribution in [0.25, 0.3) is 0 Å². The van der Waals surface area contributed by atoms with E-state index in [1.807, 2.05) is 32.2 Å². The molecule has 2 nitrogen and oxygen atoms in total. The Balaban J connectivity index is 1.74. The fourth-order valence-corrected chi connectivity index (χ4v) is 3.79. The van der Waals surface area contributed by atoms with E-state index in [2.05, 4.69) is 11.0 Å². The Kier molecular flexibility index (Phi) is 6.48. The molecular weight excluding hydrogens is 408 g/mol. The molecule has 0 aliphatic carbocycles. The summed E-state index contributed by atoms with van der Waals surface area (Å²) in [5.41, 5.74) is -0.547. The van der Waals surface area contributed by atoms with E-state index >= 15 is 0 Å². The number of rotatable bonds is 4. The van der Waals surface area contributed by atoms with E-state index in [1.165, 1.54) is 0 Å². The van der Waals surface area contributed by atoms with E-state index in [-0.39, 0.29) is 30.4 Å². The van der Waals surface area contributed by atoms with Gasteiger partial charge in [-0.1, -0.05) is 29.8 Å². The molecule has 0 saturated carbocycles. The van der Waals surface area contributed by atoms with Crippen LogP contribution in [-0.4, -0.2) is 24.6 Å². The summed E-state index contributed by atoms with van der Waals surface area (Å²) >= 11 is 0. The summed E-state index contributed by atoms with van der Waals surface area (Å²) in [5.74, 6) is 0. The highest BCUT2D eigenvalue weighted by Crippen LogP contribution is 2.37. The third kappa shape index (κ3) is 5.55. The van der Waals surface area contributed by atoms with Gasteiger partial charge in [0, 0.05) is 12.6 Å². The lowest BCUT2D eigenvalue weighted by Crippen LogP contribution is -2.37. The van der Waals surface area contributed by atoms with Crippen molar-refractivity contribution in [1.29, 1.82) is 0 Å². The zero-order chi connectivity index (χ0) is 22.1. The molecule has 164 valence electrons. The number of halogens is 6. The monoisotopic (exact) mass is 431 g/mol. The number of likely N-dealkylation sites (tertiary alicyclic amines) is 1. The molecule has 1 aliphatic rings. The lowest BCUT2D eigenvalue weighted by molar-refractivity contribution is -0.143. The van der Waals surface area contributed by atoms with Crippen LogP contribution in [0.1, 0.15) is 46.7 Å². The van der Waals surface area contributed by atoms with Crippen LogP contribution in [0.2, 0.25) is 0 Å². The number of hydrogen-bond donors (Lipinski definition) is 0. The molecule has 0 N–H and O–H groups in total. The topological polar surface area (TPSA) is 12.5 Å². The number of ether oxygens (including phenoxy) is 1. The minimum Gasteiger partial charge on any atom is -0.373 e. The van der Waals surface area contributed by atoms with Gasteiger partial charge in [0.15, 0.2) is 0 Å². The molecule has 30 heavy (non-hydrogen) atoms. The summed E-state index contributed by atoms with van der Waals surface area (Å²) in [6, 6.07) is 9.70. The van der Waals surface area contributed by atoms with Gasteiger partial charge in [-0.15, -0.1) is 0 Å². The number of aryl methyl sites for hydroxylation is 1. The van der Waals surface area contributed by atoms with Crippen molar-refractivity contribution >= 4 is 0 Å². The molecule has 1 heterocycles. The van der Waals surface area contributed by atoms with E-state index in [0.29, 0.717) is 12.8 Å². The van der Waals surface area contributed by atoms with Gasteiger partial charge in [0.2, 0.25) is 0 Å². The average molecular weight is 431 g/mol. The van der Waals surface area contributed by atoms with Crippen LogP contribution < -0.4 is 0 Å². The third-order valence-electron chi connectivity index (χ3n) is 5.38. The normalized spacial score (nSPS) is 21.1. The Labute approximate surface area is 171 Å². The van der Waals surface area contributed by atoms with Gasteiger partial charge >= 0.3 is 12.4 Å². The Hall–Kier alpha value is -2.06. The maximum absolute atomic E-state index is 13.0. The summed E-state index contributed by atoms with van der Waals surface area (Å²) in [5, 5.41) is 0. The van der Waals surface area contributed by atoms with Crippen molar-refractivity contribution in [2.24, 2.45) is 0 Å². The van der Waals surface area contributed by atoms with Crippen molar-refractivity contribution in [3.8, 4) is 0 Å². The maximum atomic E-state index is 13.0. The molecular formula is C22H23F6NO. The molecule has 0 aromatic heterocycles. The lowest BCUT2D eigenvalue weighted by Gasteiger charge is -2.37. The Morgan fingerprint density at radius 3 is 2.17 bits per heavy atom. The molecule has 2 unspecified atom stereocenters. The Morgan fingerprint density at radius 1 is 0.967 bits per heavy atom. The van der Waals surface area contributed by atoms with Crippen molar-refractivity contribution in [1.82, 2.24) is 4.90 Å². The number of hydrogen-bond acceptors (Lipinski definition) is 2. The fraction of sp³-hybridized carbons (Fsp3) is 0.455. The van der Waals surface area contributed by atoms with E-state index < -0.39 is 23.5 Å². The van der Waals surface area contributed by atoms with Crippen LogP contribution in [0.15, 0.2) is 42.5 Å². The van der Waals surface area contributed by atoms with Crippen molar-refractivity contribution < 1.29 is 31.1 Å². The molecule has 0 spiro atoms. The second-order valence-corrected chi connectivity index (χ2v) is 7.78. The first-order valence-electron chi connectivity index (χ1n) is 9.60. The second-order valence-electron chi connectivity index (χ2n) is 7.78. The predicted octanol–water partition coefficient (Wildman–Crippen LogP) is 6.38. The first kappa shape index (κ1) is 22.6. The number of alkyl halides is 6. The smallest absolute Gasteiger partial charge is 0.373 e. The van der Waals surface area contributed by atoms with Crippen LogP contribution in [-0.2, 0) is 23.7 Å². The number of piperidine rings is 1. The van der Waals surface area contributed by atoms with E-state index in [4.69, 9.17) is 4.74 Å². The SMILES string of the molecule is Cc1cccc(C2CC(OCc3cc(C(F)(F)F)cc(C(F)(F)F)c3)CCN2C)c1. The van der Waals surface area contributed by atoms with Gasteiger partial charge < -0.3 is 4.74 Å². The van der Waals surface area contributed by atoms with E-state index in [0.717, 1.165) is 29.8 Å². The molecule has 8 heteroatoms. The predicted molar refractivity (Wildman–Crippen MR) is 101 cm³/mol. The molecule has 0 amide bonds. The summed E-state index contributed by atoms with van der Waals surface area (Å²) in [7, 11) is 1.99. The number of nitrogens with zero attached hydrogens (tertiary/aromatic N) is 1. The highest BCUT2D eigenvalue weighted by Gasteiger charge is 2.37. The van der Waals surface area contributed by atoms with E-state index in [9.17, 15) is 26.3 Å². The van der Waals surface area contributed by atoms with Gasteiger partial charge in [0.05, 0.1) is 23.8 Å². The largest absolute Gasteiger partial charge is 0.416 e. The molecule has 2 aromatic carbocycles. The molecule has 0 radical (unpaired) electrons. The highest BCUT2D eigenvalue weighted by atomic mass is 19.4. The summed E-state index contributed by atoms with van der Waals surface area (Å²) in [6.07, 6.45) is -8.70. The van der Waals surface area contributed by atoms with Crippen molar-refractivity contribution in [3.05, 3.63) is 70.3 Å². The lowest BCUT2D eigenvalue weighted by atomic mass is 9.93. The van der Waals surface area contributed by atoms with E-state index in [1.54, 1.807) is 0 Å². The Morgan fingerprint density at radius 2 is 1.60 bits per heavy atom. The average Bonchev–Trinajstić information content (AvgIpc) is 2.65. The van der Waals surface area contributed by atoms with Gasteiger partial charge in [0.25, 0.3) is 0 Å². The zero-order valence-electron chi connectivity index (χ0n) is 16.6. The number of benzene rings is 2. The van der Waals surface area contributed by atoms with Gasteiger partial charge in [-0.2, -0.15) is 26.3 Å². The highest BCUT2D eigenvalue weighted by molar-refractivity contribution is 5.33. The first-order chi connectivity index (χ1) is 13.9. The van der Waals surface area contributed by atoms with Crippen LogP contribution >= 0.6 is 0 Å². The van der Waals surface area contributed by atoms with Gasteiger partial charge in [-0.3, -0.25) is 4.90 Å². The minimum absolute atomic E-state index is 0.0795. The van der Waals surface area contributed by atoms with Crippen molar-refractivity contribution in [2.45, 2.75) is 50.9 Å². The first-order valence-corrected chi connectivity index (χ1v) is 9.60. The molecule has 2 atom stereocenters. The van der Waals surface area contributed by atoms with Gasteiger partial charge in [-0.25, -0.2) is 0 Å². The van der Waals surface area contributed by atoms with Crippen LogP contribution in [0.3, 0.4) is 0 Å². The molecule has 3 rings (SSSR count). The molecule has 1 aliphatic heterocycles. The van der Waals surface area contributed by atoms with Crippen LogP contribution in [0.5, 0.6) is 0 Å².